The van der Waals surface area contributed by atoms with Gasteiger partial charge in [-0.25, -0.2) is 4.99 Å². The molecule has 6 heteroatoms. The zero-order chi connectivity index (χ0) is 14.4. The van der Waals surface area contributed by atoms with Gasteiger partial charge in [-0.3, -0.25) is 4.79 Å². The molecule has 0 heterocycles. The number of rotatable bonds is 4. The molecule has 0 saturated carbocycles. The molecule has 20 heavy (non-hydrogen) atoms. The fraction of sp³-hybridized carbons (Fsp3) is 0.429. The van der Waals surface area contributed by atoms with E-state index in [1.54, 1.807) is 0 Å². The van der Waals surface area contributed by atoms with E-state index in [4.69, 9.17) is 5.73 Å². The molecule has 0 saturated heterocycles. The third-order valence-corrected chi connectivity index (χ3v) is 2.62. The van der Waals surface area contributed by atoms with Crippen LogP contribution < -0.4 is 16.4 Å². The molecule has 0 atom stereocenters. The van der Waals surface area contributed by atoms with Gasteiger partial charge in [0.1, 0.15) is 6.54 Å². The van der Waals surface area contributed by atoms with Crippen LogP contribution in [0.2, 0.25) is 0 Å². The van der Waals surface area contributed by atoms with Crippen molar-refractivity contribution in [3.8, 4) is 0 Å². The van der Waals surface area contributed by atoms with Crippen molar-refractivity contribution in [3.63, 3.8) is 0 Å². The normalized spacial score (nSPS) is 10.9. The maximum absolute atomic E-state index is 11.4. The SMILES string of the molecule is Cc1ccc(NC(N)=NCC(=O)NC(C)C)cc1C.I. The van der Waals surface area contributed by atoms with Crippen molar-refractivity contribution in [3.05, 3.63) is 29.3 Å². The first-order valence-corrected chi connectivity index (χ1v) is 6.32. The third-order valence-electron chi connectivity index (χ3n) is 2.62. The molecular weight excluding hydrogens is 367 g/mol. The number of benzene rings is 1. The van der Waals surface area contributed by atoms with Crippen molar-refractivity contribution in [2.24, 2.45) is 10.7 Å². The van der Waals surface area contributed by atoms with E-state index < -0.39 is 0 Å². The molecule has 1 rings (SSSR count). The Morgan fingerprint density at radius 3 is 2.50 bits per heavy atom. The Kier molecular flexibility index (Phi) is 8.21. The molecule has 112 valence electrons. The van der Waals surface area contributed by atoms with Gasteiger partial charge < -0.3 is 16.4 Å². The molecule has 0 unspecified atom stereocenters. The summed E-state index contributed by atoms with van der Waals surface area (Å²) in [4.78, 5) is 15.4. The highest BCUT2D eigenvalue weighted by Gasteiger charge is 2.02. The fourth-order valence-corrected chi connectivity index (χ4v) is 1.53. The Morgan fingerprint density at radius 2 is 1.95 bits per heavy atom. The lowest BCUT2D eigenvalue weighted by atomic mass is 10.1. The van der Waals surface area contributed by atoms with Crippen molar-refractivity contribution in [2.45, 2.75) is 33.7 Å². The first-order valence-electron chi connectivity index (χ1n) is 6.32. The van der Waals surface area contributed by atoms with Gasteiger partial charge in [-0.15, -0.1) is 24.0 Å². The average Bonchev–Trinajstić information content (AvgIpc) is 2.30. The van der Waals surface area contributed by atoms with Crippen LogP contribution in [0.15, 0.2) is 23.2 Å². The number of hydrogen-bond acceptors (Lipinski definition) is 2. The monoisotopic (exact) mass is 390 g/mol. The zero-order valence-electron chi connectivity index (χ0n) is 12.4. The van der Waals surface area contributed by atoms with E-state index in [-0.39, 0.29) is 48.4 Å². The first kappa shape index (κ1) is 18.7. The maximum atomic E-state index is 11.4. The molecule has 5 nitrogen and oxygen atoms in total. The Bertz CT molecular complexity index is 486. The van der Waals surface area contributed by atoms with Crippen molar-refractivity contribution < 1.29 is 4.79 Å². The van der Waals surface area contributed by atoms with E-state index in [1.165, 1.54) is 11.1 Å². The van der Waals surface area contributed by atoms with Gasteiger partial charge >= 0.3 is 0 Å². The summed E-state index contributed by atoms with van der Waals surface area (Å²) in [6, 6.07) is 6.04. The first-order chi connectivity index (χ1) is 8.88. The van der Waals surface area contributed by atoms with Gasteiger partial charge in [0, 0.05) is 11.7 Å². The predicted octanol–water partition coefficient (Wildman–Crippen LogP) is 2.17. The maximum Gasteiger partial charge on any atom is 0.242 e. The summed E-state index contributed by atoms with van der Waals surface area (Å²) in [5.74, 6) is 0.0991. The second-order valence-electron chi connectivity index (χ2n) is 4.85. The fourth-order valence-electron chi connectivity index (χ4n) is 1.53. The number of carbonyl (C=O) groups is 1. The number of aryl methyl sites for hydroxylation is 2. The molecule has 0 spiro atoms. The molecule has 1 aromatic carbocycles. The lowest BCUT2D eigenvalue weighted by Gasteiger charge is -2.09. The summed E-state index contributed by atoms with van der Waals surface area (Å²) < 4.78 is 0. The summed E-state index contributed by atoms with van der Waals surface area (Å²) in [7, 11) is 0. The topological polar surface area (TPSA) is 79.5 Å². The standard InChI is InChI=1S/C14H22N4O.HI/c1-9(2)17-13(19)8-16-14(15)18-12-6-5-10(3)11(4)7-12;/h5-7,9H,8H2,1-4H3,(H,17,19)(H3,15,16,18);1H. The lowest BCUT2D eigenvalue weighted by molar-refractivity contribution is -0.120. The van der Waals surface area contributed by atoms with Crippen molar-refractivity contribution >= 4 is 41.5 Å². The summed E-state index contributed by atoms with van der Waals surface area (Å²) in [6.45, 7) is 7.91. The Balaban J connectivity index is 0.00000361. The zero-order valence-corrected chi connectivity index (χ0v) is 14.7. The van der Waals surface area contributed by atoms with E-state index in [0.717, 1.165) is 5.69 Å². The van der Waals surface area contributed by atoms with Crippen LogP contribution in [-0.2, 0) is 4.79 Å². The minimum atomic E-state index is -0.139. The summed E-state index contributed by atoms with van der Waals surface area (Å²) in [6.07, 6.45) is 0. The second kappa shape index (κ2) is 8.78. The summed E-state index contributed by atoms with van der Waals surface area (Å²) in [5.41, 5.74) is 9.00. The molecule has 0 bridgehead atoms. The van der Waals surface area contributed by atoms with Crippen LogP contribution in [0.4, 0.5) is 5.69 Å². The van der Waals surface area contributed by atoms with E-state index in [9.17, 15) is 4.79 Å². The predicted molar refractivity (Wildman–Crippen MR) is 94.7 cm³/mol. The smallest absolute Gasteiger partial charge is 0.242 e. The molecule has 0 aliphatic rings. The van der Waals surface area contributed by atoms with Crippen molar-refractivity contribution in [1.82, 2.24) is 5.32 Å². The Morgan fingerprint density at radius 1 is 1.30 bits per heavy atom. The number of amides is 1. The van der Waals surface area contributed by atoms with Crippen molar-refractivity contribution in [2.75, 3.05) is 11.9 Å². The van der Waals surface area contributed by atoms with Gasteiger partial charge in [0.05, 0.1) is 0 Å². The van der Waals surface area contributed by atoms with Gasteiger partial charge in [-0.2, -0.15) is 0 Å². The Hall–Kier alpha value is -1.31. The number of hydrogen-bond donors (Lipinski definition) is 3. The second-order valence-corrected chi connectivity index (χ2v) is 4.85. The molecule has 0 aliphatic heterocycles. The highest BCUT2D eigenvalue weighted by molar-refractivity contribution is 14.0. The summed E-state index contributed by atoms with van der Waals surface area (Å²) in [5, 5.41) is 5.72. The van der Waals surface area contributed by atoms with Crippen LogP contribution >= 0.6 is 24.0 Å². The number of halogens is 1. The number of nitrogens with zero attached hydrogens (tertiary/aromatic N) is 1. The number of guanidine groups is 1. The molecule has 1 aromatic rings. The molecule has 0 fully saturated rings. The average molecular weight is 390 g/mol. The van der Waals surface area contributed by atoms with Gasteiger partial charge in [-0.1, -0.05) is 6.07 Å². The minimum absolute atomic E-state index is 0. The van der Waals surface area contributed by atoms with Crippen LogP contribution in [0.5, 0.6) is 0 Å². The molecular formula is C14H23IN4O. The number of anilines is 1. The van der Waals surface area contributed by atoms with Crippen LogP contribution in [0, 0.1) is 13.8 Å². The third kappa shape index (κ3) is 6.74. The molecule has 0 aliphatic carbocycles. The molecule has 1 amide bonds. The quantitative estimate of drug-likeness (QED) is 0.419. The van der Waals surface area contributed by atoms with Crippen LogP contribution in [-0.4, -0.2) is 24.5 Å². The number of aliphatic imine (C=N–C) groups is 1. The van der Waals surface area contributed by atoms with Gasteiger partial charge in [0.15, 0.2) is 5.96 Å². The van der Waals surface area contributed by atoms with Gasteiger partial charge in [-0.05, 0) is 51.0 Å². The van der Waals surface area contributed by atoms with E-state index in [2.05, 4.69) is 15.6 Å². The highest BCUT2D eigenvalue weighted by atomic mass is 127. The van der Waals surface area contributed by atoms with E-state index in [0.29, 0.717) is 0 Å². The van der Waals surface area contributed by atoms with Crippen LogP contribution in [0.25, 0.3) is 0 Å². The van der Waals surface area contributed by atoms with Gasteiger partial charge in [0.2, 0.25) is 5.91 Å². The number of nitrogens with one attached hydrogen (secondary N) is 2. The molecule has 4 N–H and O–H groups in total. The van der Waals surface area contributed by atoms with Crippen LogP contribution in [0.3, 0.4) is 0 Å². The van der Waals surface area contributed by atoms with Crippen molar-refractivity contribution in [1.29, 1.82) is 0 Å². The minimum Gasteiger partial charge on any atom is -0.370 e. The summed E-state index contributed by atoms with van der Waals surface area (Å²) >= 11 is 0. The molecule has 0 aromatic heterocycles. The van der Waals surface area contributed by atoms with Gasteiger partial charge in [0.25, 0.3) is 0 Å². The van der Waals surface area contributed by atoms with Crippen LogP contribution in [0.1, 0.15) is 25.0 Å². The number of nitrogens with two attached hydrogens (primary N) is 1. The highest BCUT2D eigenvalue weighted by Crippen LogP contribution is 2.13. The van der Waals surface area contributed by atoms with E-state index in [1.807, 2.05) is 45.9 Å². The lowest BCUT2D eigenvalue weighted by Crippen LogP contribution is -2.33. The largest absolute Gasteiger partial charge is 0.370 e. The number of carbonyl (C=O) groups excluding carboxylic acids is 1. The molecule has 0 radical (unpaired) electrons. The Labute approximate surface area is 137 Å². The van der Waals surface area contributed by atoms with E-state index >= 15 is 0 Å².